The van der Waals surface area contributed by atoms with Gasteiger partial charge >= 0.3 is 0 Å². The standard InChI is InChI=1S/C24H33NO2/c1-8-17(2)20-11-9-10-12-21(20)25-22(26)24(6,7)27-19-15-13-18(14-16-19)23(3,4)5/h9-17H,8H2,1-7H3,(H,25,26)/t17-/m1/s1. The van der Waals surface area contributed by atoms with Gasteiger partial charge in [0.2, 0.25) is 0 Å². The van der Waals surface area contributed by atoms with Gasteiger partial charge in [0.05, 0.1) is 0 Å². The summed E-state index contributed by atoms with van der Waals surface area (Å²) in [5, 5.41) is 3.06. The molecule has 0 aliphatic carbocycles. The van der Waals surface area contributed by atoms with E-state index in [2.05, 4.69) is 58.1 Å². The lowest BCUT2D eigenvalue weighted by atomic mass is 9.87. The molecule has 27 heavy (non-hydrogen) atoms. The quantitative estimate of drug-likeness (QED) is 0.651. The van der Waals surface area contributed by atoms with Gasteiger partial charge in [-0.1, -0.05) is 65.0 Å². The lowest BCUT2D eigenvalue weighted by Crippen LogP contribution is -2.42. The molecule has 0 saturated carbocycles. The van der Waals surface area contributed by atoms with Crippen molar-refractivity contribution in [2.45, 2.75) is 71.8 Å². The molecule has 0 aliphatic heterocycles. The highest BCUT2D eigenvalue weighted by atomic mass is 16.5. The van der Waals surface area contributed by atoms with Crippen molar-refractivity contribution in [2.24, 2.45) is 0 Å². The summed E-state index contributed by atoms with van der Waals surface area (Å²) in [6, 6.07) is 16.0. The lowest BCUT2D eigenvalue weighted by Gasteiger charge is -2.27. The second-order valence-corrected chi connectivity index (χ2v) is 8.74. The Morgan fingerprint density at radius 3 is 2.15 bits per heavy atom. The molecule has 0 saturated heterocycles. The third-order valence-electron chi connectivity index (χ3n) is 4.99. The largest absolute Gasteiger partial charge is 0.478 e. The highest BCUT2D eigenvalue weighted by Crippen LogP contribution is 2.29. The minimum Gasteiger partial charge on any atom is -0.478 e. The first kappa shape index (κ1) is 21.0. The summed E-state index contributed by atoms with van der Waals surface area (Å²) < 4.78 is 6.02. The number of hydrogen-bond donors (Lipinski definition) is 1. The van der Waals surface area contributed by atoms with Crippen LogP contribution in [0.25, 0.3) is 0 Å². The Kier molecular flexibility index (Phi) is 6.35. The molecular formula is C24H33NO2. The molecule has 0 radical (unpaired) electrons. The summed E-state index contributed by atoms with van der Waals surface area (Å²) in [6.45, 7) is 14.4. The zero-order valence-electron chi connectivity index (χ0n) is 17.7. The van der Waals surface area contributed by atoms with Crippen molar-refractivity contribution in [2.75, 3.05) is 5.32 Å². The SMILES string of the molecule is CC[C@@H](C)c1ccccc1NC(=O)C(C)(C)Oc1ccc(C(C)(C)C)cc1. The summed E-state index contributed by atoms with van der Waals surface area (Å²) >= 11 is 0. The van der Waals surface area contributed by atoms with Gasteiger partial charge in [-0.15, -0.1) is 0 Å². The molecule has 3 nitrogen and oxygen atoms in total. The predicted octanol–water partition coefficient (Wildman–Crippen LogP) is 6.29. The summed E-state index contributed by atoms with van der Waals surface area (Å²) in [6.07, 6.45) is 1.02. The third kappa shape index (κ3) is 5.35. The minimum atomic E-state index is -0.980. The van der Waals surface area contributed by atoms with E-state index < -0.39 is 5.60 Å². The van der Waals surface area contributed by atoms with Gasteiger partial charge in [-0.05, 0) is 60.9 Å². The van der Waals surface area contributed by atoms with Crippen LogP contribution in [0.15, 0.2) is 48.5 Å². The van der Waals surface area contributed by atoms with E-state index >= 15 is 0 Å². The number of carbonyl (C=O) groups is 1. The van der Waals surface area contributed by atoms with Crippen molar-refractivity contribution in [1.82, 2.24) is 0 Å². The van der Waals surface area contributed by atoms with Gasteiger partial charge in [-0.2, -0.15) is 0 Å². The molecule has 3 heteroatoms. The molecule has 0 unspecified atom stereocenters. The molecule has 146 valence electrons. The second kappa shape index (κ2) is 8.16. The normalized spacial score (nSPS) is 13.1. The van der Waals surface area contributed by atoms with Crippen LogP contribution in [0.1, 0.15) is 71.9 Å². The van der Waals surface area contributed by atoms with Crippen LogP contribution in [0.3, 0.4) is 0 Å². The number of nitrogens with one attached hydrogen (secondary N) is 1. The maximum atomic E-state index is 12.9. The topological polar surface area (TPSA) is 38.3 Å². The Balaban J connectivity index is 2.14. The van der Waals surface area contributed by atoms with Crippen molar-refractivity contribution in [3.05, 3.63) is 59.7 Å². The first-order chi connectivity index (χ1) is 12.5. The maximum absolute atomic E-state index is 12.9. The molecule has 0 bridgehead atoms. The number of amides is 1. The van der Waals surface area contributed by atoms with Gasteiger partial charge in [-0.25, -0.2) is 0 Å². The molecule has 2 aromatic rings. The van der Waals surface area contributed by atoms with Gasteiger partial charge in [0.25, 0.3) is 5.91 Å². The van der Waals surface area contributed by atoms with E-state index in [9.17, 15) is 4.79 Å². The summed E-state index contributed by atoms with van der Waals surface area (Å²) in [7, 11) is 0. The first-order valence-electron chi connectivity index (χ1n) is 9.74. The molecule has 0 aliphatic rings. The maximum Gasteiger partial charge on any atom is 0.267 e. The molecule has 0 spiro atoms. The first-order valence-corrected chi connectivity index (χ1v) is 9.74. The number of anilines is 1. The number of benzene rings is 2. The van der Waals surface area contributed by atoms with E-state index in [0.717, 1.165) is 17.7 Å². The Morgan fingerprint density at radius 2 is 1.59 bits per heavy atom. The molecule has 0 heterocycles. The summed E-state index contributed by atoms with van der Waals surface area (Å²) in [5.41, 5.74) is 2.35. The Hall–Kier alpha value is -2.29. The van der Waals surface area contributed by atoms with Crippen molar-refractivity contribution in [3.8, 4) is 5.75 Å². The minimum absolute atomic E-state index is 0.0884. The van der Waals surface area contributed by atoms with Crippen LogP contribution in [0, 0.1) is 0 Å². The summed E-state index contributed by atoms with van der Waals surface area (Å²) in [5.74, 6) is 0.923. The molecule has 0 aromatic heterocycles. The van der Waals surface area contributed by atoms with Gasteiger partial charge in [0.1, 0.15) is 5.75 Å². The van der Waals surface area contributed by atoms with Crippen LogP contribution in [0.4, 0.5) is 5.69 Å². The monoisotopic (exact) mass is 367 g/mol. The van der Waals surface area contributed by atoms with E-state index in [4.69, 9.17) is 4.74 Å². The van der Waals surface area contributed by atoms with Crippen molar-refractivity contribution in [3.63, 3.8) is 0 Å². The smallest absolute Gasteiger partial charge is 0.267 e. The van der Waals surface area contributed by atoms with E-state index in [1.165, 1.54) is 5.56 Å². The molecule has 2 rings (SSSR count). The van der Waals surface area contributed by atoms with E-state index in [1.54, 1.807) is 13.8 Å². The highest BCUT2D eigenvalue weighted by Gasteiger charge is 2.31. The number of ether oxygens (including phenoxy) is 1. The number of carbonyl (C=O) groups excluding carboxylic acids is 1. The highest BCUT2D eigenvalue weighted by molar-refractivity contribution is 5.97. The van der Waals surface area contributed by atoms with Crippen LogP contribution in [-0.4, -0.2) is 11.5 Å². The average molecular weight is 368 g/mol. The Morgan fingerprint density at radius 1 is 1.00 bits per heavy atom. The zero-order chi connectivity index (χ0) is 20.2. The van der Waals surface area contributed by atoms with Crippen LogP contribution in [0.2, 0.25) is 0 Å². The molecule has 1 N–H and O–H groups in total. The number of para-hydroxylation sites is 1. The number of hydrogen-bond acceptors (Lipinski definition) is 2. The predicted molar refractivity (Wildman–Crippen MR) is 114 cm³/mol. The third-order valence-corrected chi connectivity index (χ3v) is 4.99. The van der Waals surface area contributed by atoms with Gasteiger partial charge in [-0.3, -0.25) is 4.79 Å². The molecule has 0 fully saturated rings. The van der Waals surface area contributed by atoms with Gasteiger partial charge in [0, 0.05) is 5.69 Å². The molecule has 1 amide bonds. The van der Waals surface area contributed by atoms with Crippen LogP contribution >= 0.6 is 0 Å². The fourth-order valence-corrected chi connectivity index (χ4v) is 2.90. The number of rotatable bonds is 6. The average Bonchev–Trinajstić information content (AvgIpc) is 2.61. The lowest BCUT2D eigenvalue weighted by molar-refractivity contribution is -0.128. The van der Waals surface area contributed by atoms with Gasteiger partial charge < -0.3 is 10.1 Å². The fourth-order valence-electron chi connectivity index (χ4n) is 2.90. The summed E-state index contributed by atoms with van der Waals surface area (Å²) in [4.78, 5) is 12.9. The molecular weight excluding hydrogens is 334 g/mol. The molecule has 2 aromatic carbocycles. The van der Waals surface area contributed by atoms with Crippen molar-refractivity contribution < 1.29 is 9.53 Å². The van der Waals surface area contributed by atoms with E-state index in [-0.39, 0.29) is 11.3 Å². The zero-order valence-corrected chi connectivity index (χ0v) is 17.7. The van der Waals surface area contributed by atoms with Crippen molar-refractivity contribution in [1.29, 1.82) is 0 Å². The van der Waals surface area contributed by atoms with Crippen LogP contribution < -0.4 is 10.1 Å². The van der Waals surface area contributed by atoms with E-state index in [1.807, 2.05) is 30.3 Å². The van der Waals surface area contributed by atoms with Crippen LogP contribution in [-0.2, 0) is 10.2 Å². The van der Waals surface area contributed by atoms with Crippen LogP contribution in [0.5, 0.6) is 5.75 Å². The van der Waals surface area contributed by atoms with Crippen molar-refractivity contribution >= 4 is 11.6 Å². The fraction of sp³-hybridized carbons (Fsp3) is 0.458. The Labute approximate surface area is 164 Å². The van der Waals surface area contributed by atoms with Gasteiger partial charge in [0.15, 0.2) is 5.60 Å². The second-order valence-electron chi connectivity index (χ2n) is 8.74. The molecule has 1 atom stereocenters. The van der Waals surface area contributed by atoms with E-state index in [0.29, 0.717) is 11.7 Å². The Bertz CT molecular complexity index is 770.